The van der Waals surface area contributed by atoms with E-state index in [4.69, 9.17) is 0 Å². The van der Waals surface area contributed by atoms with Gasteiger partial charge in [-0.3, -0.25) is 14.1 Å². The molecule has 10 heteroatoms. The Bertz CT molecular complexity index is 1630. The second-order valence-electron chi connectivity index (χ2n) is 9.19. The molecule has 1 aromatic carbocycles. The number of aryl methyl sites for hydroxylation is 2. The van der Waals surface area contributed by atoms with Crippen LogP contribution in [-0.2, 0) is 19.5 Å². The van der Waals surface area contributed by atoms with Gasteiger partial charge in [0, 0.05) is 36.4 Å². The molecule has 0 saturated carbocycles. The smallest absolute Gasteiger partial charge is 0.333 e. The number of aromatic nitrogens is 8. The van der Waals surface area contributed by atoms with Crippen LogP contribution in [0.25, 0.3) is 28.3 Å². The van der Waals surface area contributed by atoms with Crippen molar-refractivity contribution in [1.29, 1.82) is 5.26 Å². The first-order valence-corrected chi connectivity index (χ1v) is 12.8. The minimum Gasteiger partial charge on any atom is -0.333 e. The number of nitriles is 1. The number of benzene rings is 1. The first-order chi connectivity index (χ1) is 18.6. The molecule has 0 saturated heterocycles. The summed E-state index contributed by atoms with van der Waals surface area (Å²) in [6, 6.07) is 15.9. The molecule has 0 aliphatic heterocycles. The number of unbranched alkanes of at least 4 members (excludes halogenated alkanes) is 1. The first-order valence-electron chi connectivity index (χ1n) is 12.8. The van der Waals surface area contributed by atoms with Crippen LogP contribution in [0.5, 0.6) is 0 Å². The molecule has 1 N–H and O–H groups in total. The SMILES string of the molecule is CCCCc1cn(-c2c(C#N)ccn2CCC)c(=O)n1Cc1cc(-c2cccc(-c3nnn[nH]3)c2)ccn1. The second-order valence-corrected chi connectivity index (χ2v) is 9.19. The molecule has 0 radical (unpaired) electrons. The molecule has 0 aliphatic rings. The van der Waals surface area contributed by atoms with Crippen LogP contribution in [0.3, 0.4) is 0 Å². The van der Waals surface area contributed by atoms with Gasteiger partial charge in [0.2, 0.25) is 0 Å². The third-order valence-electron chi connectivity index (χ3n) is 6.55. The van der Waals surface area contributed by atoms with E-state index >= 15 is 0 Å². The molecule has 4 aromatic heterocycles. The van der Waals surface area contributed by atoms with Crippen molar-refractivity contribution in [2.75, 3.05) is 0 Å². The average Bonchev–Trinajstić information content (AvgIpc) is 3.69. The number of nitrogens with one attached hydrogen (secondary N) is 1. The number of rotatable bonds is 10. The number of aromatic amines is 1. The summed E-state index contributed by atoms with van der Waals surface area (Å²) in [5.41, 5.74) is 4.88. The first kappa shape index (κ1) is 24.9. The third-order valence-corrected chi connectivity index (χ3v) is 6.55. The minimum absolute atomic E-state index is 0.171. The second kappa shape index (κ2) is 11.1. The van der Waals surface area contributed by atoms with E-state index in [-0.39, 0.29) is 5.69 Å². The lowest BCUT2D eigenvalue weighted by Crippen LogP contribution is -2.26. The van der Waals surface area contributed by atoms with E-state index in [2.05, 4.69) is 45.5 Å². The molecule has 192 valence electrons. The van der Waals surface area contributed by atoms with Gasteiger partial charge in [0.25, 0.3) is 0 Å². The number of pyridine rings is 1. The molecular formula is C28H29N9O. The van der Waals surface area contributed by atoms with Crippen LogP contribution >= 0.6 is 0 Å². The van der Waals surface area contributed by atoms with E-state index in [1.807, 2.05) is 53.4 Å². The normalized spacial score (nSPS) is 11.1. The van der Waals surface area contributed by atoms with Crippen molar-refractivity contribution < 1.29 is 0 Å². The molecule has 0 fully saturated rings. The van der Waals surface area contributed by atoms with Gasteiger partial charge in [0.1, 0.15) is 11.9 Å². The fourth-order valence-corrected chi connectivity index (χ4v) is 4.68. The van der Waals surface area contributed by atoms with Crippen LogP contribution in [0.4, 0.5) is 0 Å². The van der Waals surface area contributed by atoms with Crippen molar-refractivity contribution in [2.45, 2.75) is 52.6 Å². The Morgan fingerprint density at radius 2 is 1.89 bits per heavy atom. The number of nitrogens with zero attached hydrogens (tertiary/aromatic N) is 8. The Morgan fingerprint density at radius 3 is 2.66 bits per heavy atom. The lowest BCUT2D eigenvalue weighted by molar-refractivity contribution is 0.641. The van der Waals surface area contributed by atoms with Gasteiger partial charge in [-0.15, -0.1) is 5.10 Å². The van der Waals surface area contributed by atoms with Gasteiger partial charge >= 0.3 is 5.69 Å². The predicted octanol–water partition coefficient (Wildman–Crippen LogP) is 4.36. The maximum absolute atomic E-state index is 13.8. The fraction of sp³-hybridized carbons (Fsp3) is 0.286. The van der Waals surface area contributed by atoms with Gasteiger partial charge in [-0.2, -0.15) is 5.26 Å². The summed E-state index contributed by atoms with van der Waals surface area (Å²) < 4.78 is 5.38. The van der Waals surface area contributed by atoms with E-state index in [1.165, 1.54) is 0 Å². The van der Waals surface area contributed by atoms with Crippen LogP contribution in [0.15, 0.2) is 65.8 Å². The molecule has 0 bridgehead atoms. The highest BCUT2D eigenvalue weighted by Gasteiger charge is 2.19. The van der Waals surface area contributed by atoms with Crippen molar-refractivity contribution in [3.63, 3.8) is 0 Å². The van der Waals surface area contributed by atoms with Crippen LogP contribution in [0, 0.1) is 11.3 Å². The number of H-pyrrole nitrogens is 1. The Labute approximate surface area is 220 Å². The number of tetrazole rings is 1. The summed E-state index contributed by atoms with van der Waals surface area (Å²) in [7, 11) is 0. The quantitative estimate of drug-likeness (QED) is 0.300. The molecule has 10 nitrogen and oxygen atoms in total. The Balaban J connectivity index is 1.53. The Hall–Kier alpha value is -4.78. The van der Waals surface area contributed by atoms with E-state index in [0.717, 1.165) is 60.3 Å². The van der Waals surface area contributed by atoms with E-state index < -0.39 is 0 Å². The van der Waals surface area contributed by atoms with Crippen LogP contribution in [0.1, 0.15) is 50.1 Å². The molecule has 4 heterocycles. The van der Waals surface area contributed by atoms with E-state index in [0.29, 0.717) is 23.8 Å². The lowest BCUT2D eigenvalue weighted by atomic mass is 10.0. The van der Waals surface area contributed by atoms with Gasteiger partial charge in [-0.05, 0) is 65.1 Å². The molecule has 0 unspecified atom stereocenters. The van der Waals surface area contributed by atoms with Gasteiger partial charge < -0.3 is 4.57 Å². The maximum Gasteiger partial charge on any atom is 0.334 e. The van der Waals surface area contributed by atoms with Crippen molar-refractivity contribution in [2.24, 2.45) is 0 Å². The molecule has 5 rings (SSSR count). The topological polar surface area (TPSA) is 123 Å². The molecule has 0 spiro atoms. The van der Waals surface area contributed by atoms with Crippen molar-refractivity contribution >= 4 is 0 Å². The zero-order valence-corrected chi connectivity index (χ0v) is 21.5. The summed E-state index contributed by atoms with van der Waals surface area (Å²) in [5.74, 6) is 1.22. The fourth-order valence-electron chi connectivity index (χ4n) is 4.68. The van der Waals surface area contributed by atoms with Crippen LogP contribution in [0.2, 0.25) is 0 Å². The van der Waals surface area contributed by atoms with Gasteiger partial charge in [-0.1, -0.05) is 38.5 Å². The minimum atomic E-state index is -0.171. The van der Waals surface area contributed by atoms with Crippen LogP contribution in [-0.4, -0.2) is 39.3 Å². The monoisotopic (exact) mass is 507 g/mol. The molecule has 0 atom stereocenters. The number of hydrogen-bond acceptors (Lipinski definition) is 6. The average molecular weight is 508 g/mol. The van der Waals surface area contributed by atoms with Crippen molar-refractivity contribution in [1.82, 2.24) is 39.3 Å². The van der Waals surface area contributed by atoms with Crippen molar-refractivity contribution in [3.8, 4) is 34.4 Å². The van der Waals surface area contributed by atoms with E-state index in [1.54, 1.807) is 21.4 Å². The van der Waals surface area contributed by atoms with E-state index in [9.17, 15) is 10.1 Å². The number of imidazole rings is 1. The lowest BCUT2D eigenvalue weighted by Gasteiger charge is -2.09. The third kappa shape index (κ3) is 4.91. The molecule has 0 amide bonds. The largest absolute Gasteiger partial charge is 0.334 e. The molecular weight excluding hydrogens is 478 g/mol. The van der Waals surface area contributed by atoms with Crippen molar-refractivity contribution in [3.05, 3.63) is 88.5 Å². The molecule has 38 heavy (non-hydrogen) atoms. The van der Waals surface area contributed by atoms with Gasteiger partial charge in [0.15, 0.2) is 5.82 Å². The Morgan fingerprint density at radius 1 is 1.05 bits per heavy atom. The predicted molar refractivity (Wildman–Crippen MR) is 144 cm³/mol. The highest BCUT2D eigenvalue weighted by Crippen LogP contribution is 2.25. The highest BCUT2D eigenvalue weighted by atomic mass is 16.1. The summed E-state index contributed by atoms with van der Waals surface area (Å²) in [6.45, 7) is 5.27. The highest BCUT2D eigenvalue weighted by molar-refractivity contribution is 5.70. The van der Waals surface area contributed by atoms with Crippen LogP contribution < -0.4 is 5.69 Å². The summed E-state index contributed by atoms with van der Waals surface area (Å²) in [6.07, 6.45) is 9.17. The summed E-state index contributed by atoms with van der Waals surface area (Å²) >= 11 is 0. The zero-order valence-electron chi connectivity index (χ0n) is 21.5. The number of hydrogen-bond donors (Lipinski definition) is 1. The molecule has 5 aromatic rings. The van der Waals surface area contributed by atoms with Gasteiger partial charge in [-0.25, -0.2) is 9.89 Å². The summed E-state index contributed by atoms with van der Waals surface area (Å²) in [4.78, 5) is 18.3. The maximum atomic E-state index is 13.8. The zero-order chi connectivity index (χ0) is 26.5. The Kier molecular flexibility index (Phi) is 7.26. The standard InChI is InChI=1S/C28H29N9O/c1-3-5-9-25-19-37(27-23(17-29)11-14-35(27)13-4-2)28(38)36(25)18-24-16-21(10-12-30-24)20-7-6-8-22(15-20)26-31-33-34-32-26/h6-8,10-12,14-16,19H,3-5,9,13,18H2,1-2H3,(H,31,32,33,34). The van der Waals surface area contributed by atoms with Gasteiger partial charge in [0.05, 0.1) is 17.8 Å². The molecule has 0 aliphatic carbocycles. The summed E-state index contributed by atoms with van der Waals surface area (Å²) in [5, 5.41) is 23.8.